The third-order valence-corrected chi connectivity index (χ3v) is 4.44. The third kappa shape index (κ3) is 3.69. The number of carbonyl (C=O) groups is 1. The molecule has 4 aromatic rings. The number of hydrogen-bond donors (Lipinski definition) is 2. The standard InChI is InChI=1S/C19H16F3N7O/c1-11-15(27-29(16(11)26-18(23)30)13-5-3-2-4-6-13)12-7-14-17(24-8-12)28(10-25-14)9-19(20,21)22/h2-8,10H,9H2,1H3,(H3,23,26,30). The lowest BCUT2D eigenvalue weighted by atomic mass is 10.1. The number of halogens is 3. The molecule has 0 bridgehead atoms. The van der Waals surface area contributed by atoms with Crippen LogP contribution < -0.4 is 11.1 Å². The minimum absolute atomic E-state index is 0.117. The van der Waals surface area contributed by atoms with E-state index in [-0.39, 0.29) is 5.65 Å². The van der Waals surface area contributed by atoms with Gasteiger partial charge in [-0.15, -0.1) is 0 Å². The molecule has 0 aliphatic heterocycles. The number of nitrogens with zero attached hydrogens (tertiary/aromatic N) is 5. The van der Waals surface area contributed by atoms with Crippen molar-refractivity contribution in [1.82, 2.24) is 24.3 Å². The number of imidazole rings is 1. The summed E-state index contributed by atoms with van der Waals surface area (Å²) in [5.74, 6) is 0.381. The molecule has 0 saturated heterocycles. The quantitative estimate of drug-likeness (QED) is 0.531. The van der Waals surface area contributed by atoms with Gasteiger partial charge in [0.2, 0.25) is 0 Å². The maximum atomic E-state index is 12.7. The third-order valence-electron chi connectivity index (χ3n) is 4.44. The molecule has 0 saturated carbocycles. The molecule has 3 aromatic heterocycles. The number of amides is 2. The zero-order valence-corrected chi connectivity index (χ0v) is 15.7. The van der Waals surface area contributed by atoms with Crippen LogP contribution in [0.2, 0.25) is 0 Å². The predicted octanol–water partition coefficient (Wildman–Crippen LogP) is 3.65. The summed E-state index contributed by atoms with van der Waals surface area (Å²) in [6, 6.07) is 9.96. The lowest BCUT2D eigenvalue weighted by Crippen LogP contribution is -2.21. The van der Waals surface area contributed by atoms with Gasteiger partial charge in [-0.1, -0.05) is 18.2 Å². The van der Waals surface area contributed by atoms with Gasteiger partial charge in [-0.25, -0.2) is 19.4 Å². The summed E-state index contributed by atoms with van der Waals surface area (Å²) in [6.45, 7) is 0.573. The van der Waals surface area contributed by atoms with E-state index in [0.29, 0.717) is 33.8 Å². The Bertz CT molecular complexity index is 1230. The number of carbonyl (C=O) groups excluding carboxylic acids is 1. The second kappa shape index (κ2) is 7.17. The van der Waals surface area contributed by atoms with Gasteiger partial charge in [-0.3, -0.25) is 5.32 Å². The fraction of sp³-hybridized carbons (Fsp3) is 0.158. The summed E-state index contributed by atoms with van der Waals surface area (Å²) in [5.41, 5.74) is 8.07. The molecule has 0 aliphatic carbocycles. The molecule has 3 heterocycles. The molecule has 3 N–H and O–H groups in total. The number of rotatable bonds is 4. The van der Waals surface area contributed by atoms with E-state index in [4.69, 9.17) is 5.73 Å². The Morgan fingerprint density at radius 2 is 1.93 bits per heavy atom. The molecule has 0 atom stereocenters. The van der Waals surface area contributed by atoms with E-state index in [1.807, 2.05) is 30.3 Å². The number of fused-ring (bicyclic) bond motifs is 1. The van der Waals surface area contributed by atoms with Crippen molar-refractivity contribution in [2.24, 2.45) is 5.73 Å². The van der Waals surface area contributed by atoms with Crippen molar-refractivity contribution in [3.05, 3.63) is 54.5 Å². The average molecular weight is 415 g/mol. The highest BCUT2D eigenvalue weighted by Gasteiger charge is 2.29. The minimum Gasteiger partial charge on any atom is -0.351 e. The number of benzene rings is 1. The molecule has 4 rings (SSSR count). The van der Waals surface area contributed by atoms with E-state index in [9.17, 15) is 18.0 Å². The van der Waals surface area contributed by atoms with Crippen LogP contribution in [0.3, 0.4) is 0 Å². The number of aromatic nitrogens is 5. The number of anilines is 1. The first-order valence-electron chi connectivity index (χ1n) is 8.82. The van der Waals surface area contributed by atoms with Gasteiger partial charge in [0, 0.05) is 17.3 Å². The Labute approximate surface area is 168 Å². The fourth-order valence-corrected chi connectivity index (χ4v) is 3.18. The largest absolute Gasteiger partial charge is 0.406 e. The molecule has 0 aliphatic rings. The monoisotopic (exact) mass is 415 g/mol. The summed E-state index contributed by atoms with van der Waals surface area (Å²) >= 11 is 0. The van der Waals surface area contributed by atoms with Crippen LogP contribution in [-0.2, 0) is 6.54 Å². The van der Waals surface area contributed by atoms with Gasteiger partial charge in [-0.2, -0.15) is 18.3 Å². The second-order valence-electron chi connectivity index (χ2n) is 6.61. The summed E-state index contributed by atoms with van der Waals surface area (Å²) < 4.78 is 40.6. The predicted molar refractivity (Wildman–Crippen MR) is 104 cm³/mol. The maximum Gasteiger partial charge on any atom is 0.406 e. The molecule has 8 nitrogen and oxygen atoms in total. The zero-order chi connectivity index (χ0) is 21.5. The van der Waals surface area contributed by atoms with E-state index < -0.39 is 18.8 Å². The van der Waals surface area contributed by atoms with Gasteiger partial charge in [-0.05, 0) is 25.1 Å². The van der Waals surface area contributed by atoms with Crippen LogP contribution in [0.4, 0.5) is 23.8 Å². The highest BCUT2D eigenvalue weighted by molar-refractivity contribution is 5.90. The lowest BCUT2D eigenvalue weighted by molar-refractivity contribution is -0.140. The lowest BCUT2D eigenvalue weighted by Gasteiger charge is -2.07. The average Bonchev–Trinajstić information content (AvgIpc) is 3.22. The van der Waals surface area contributed by atoms with Crippen molar-refractivity contribution in [2.45, 2.75) is 19.6 Å². The maximum absolute atomic E-state index is 12.7. The smallest absolute Gasteiger partial charge is 0.351 e. The Kier molecular flexibility index (Phi) is 4.65. The van der Waals surface area contributed by atoms with Crippen molar-refractivity contribution in [1.29, 1.82) is 0 Å². The van der Waals surface area contributed by atoms with Crippen LogP contribution in [0.1, 0.15) is 5.56 Å². The molecule has 0 spiro atoms. The number of para-hydroxylation sites is 1. The van der Waals surface area contributed by atoms with Gasteiger partial charge >= 0.3 is 12.2 Å². The summed E-state index contributed by atoms with van der Waals surface area (Å²) in [4.78, 5) is 19.7. The van der Waals surface area contributed by atoms with Crippen molar-refractivity contribution >= 4 is 23.0 Å². The fourth-order valence-electron chi connectivity index (χ4n) is 3.18. The Hall–Kier alpha value is -3.89. The Balaban J connectivity index is 1.81. The van der Waals surface area contributed by atoms with Gasteiger partial charge in [0.05, 0.1) is 17.7 Å². The normalized spacial score (nSPS) is 11.7. The number of pyridine rings is 1. The number of urea groups is 1. The van der Waals surface area contributed by atoms with Crippen molar-refractivity contribution < 1.29 is 18.0 Å². The molecule has 1 aromatic carbocycles. The minimum atomic E-state index is -4.38. The molecule has 0 fully saturated rings. The first-order chi connectivity index (χ1) is 14.2. The Morgan fingerprint density at radius 3 is 2.60 bits per heavy atom. The van der Waals surface area contributed by atoms with E-state index in [1.165, 1.54) is 10.9 Å². The van der Waals surface area contributed by atoms with Gasteiger partial charge in [0.1, 0.15) is 17.9 Å². The molecular weight excluding hydrogens is 399 g/mol. The van der Waals surface area contributed by atoms with Gasteiger partial charge in [0.25, 0.3) is 0 Å². The molecule has 154 valence electrons. The molecule has 2 amide bonds. The van der Waals surface area contributed by atoms with Gasteiger partial charge in [0.15, 0.2) is 5.65 Å². The number of primary amides is 1. The number of nitrogens with one attached hydrogen (secondary N) is 1. The summed E-state index contributed by atoms with van der Waals surface area (Å²) in [5, 5.41) is 7.14. The molecule has 30 heavy (non-hydrogen) atoms. The van der Waals surface area contributed by atoms with Crippen molar-refractivity contribution in [3.63, 3.8) is 0 Å². The molecule has 0 radical (unpaired) electrons. The van der Waals surface area contributed by atoms with Gasteiger partial charge < -0.3 is 10.3 Å². The van der Waals surface area contributed by atoms with E-state index in [2.05, 4.69) is 20.4 Å². The van der Waals surface area contributed by atoms with Crippen molar-refractivity contribution in [3.8, 4) is 16.9 Å². The van der Waals surface area contributed by atoms with Crippen LogP contribution in [0.15, 0.2) is 48.9 Å². The number of hydrogen-bond acceptors (Lipinski definition) is 4. The van der Waals surface area contributed by atoms with Crippen LogP contribution in [0.5, 0.6) is 0 Å². The number of nitrogens with two attached hydrogens (primary N) is 1. The summed E-state index contributed by atoms with van der Waals surface area (Å²) in [7, 11) is 0. The molecule has 0 unspecified atom stereocenters. The first kappa shape index (κ1) is 19.4. The summed E-state index contributed by atoms with van der Waals surface area (Å²) in [6.07, 6.45) is -1.85. The van der Waals surface area contributed by atoms with Crippen LogP contribution >= 0.6 is 0 Å². The van der Waals surface area contributed by atoms with E-state index in [0.717, 1.165) is 10.9 Å². The highest BCUT2D eigenvalue weighted by atomic mass is 19.4. The van der Waals surface area contributed by atoms with Crippen LogP contribution in [0, 0.1) is 6.92 Å². The highest BCUT2D eigenvalue weighted by Crippen LogP contribution is 2.31. The second-order valence-corrected chi connectivity index (χ2v) is 6.61. The molecular formula is C19H16F3N7O. The topological polar surface area (TPSA) is 104 Å². The van der Waals surface area contributed by atoms with E-state index in [1.54, 1.807) is 13.0 Å². The van der Waals surface area contributed by atoms with Crippen molar-refractivity contribution in [2.75, 3.05) is 5.32 Å². The SMILES string of the molecule is Cc1c(-c2cnc3c(c2)ncn3CC(F)(F)F)nn(-c2ccccc2)c1NC(N)=O. The number of alkyl halides is 3. The van der Waals surface area contributed by atoms with Crippen LogP contribution in [-0.4, -0.2) is 36.5 Å². The Morgan fingerprint density at radius 1 is 1.20 bits per heavy atom. The zero-order valence-electron chi connectivity index (χ0n) is 15.7. The first-order valence-corrected chi connectivity index (χ1v) is 8.82. The molecule has 11 heteroatoms. The van der Waals surface area contributed by atoms with Crippen LogP contribution in [0.25, 0.3) is 28.1 Å². The van der Waals surface area contributed by atoms with E-state index >= 15 is 0 Å².